The molecular formula is C11H21NOS. The van der Waals surface area contributed by atoms with Gasteiger partial charge in [-0.3, -0.25) is 0 Å². The van der Waals surface area contributed by atoms with Gasteiger partial charge in [0.25, 0.3) is 0 Å². The third-order valence-electron chi connectivity index (χ3n) is 3.44. The highest BCUT2D eigenvalue weighted by atomic mass is 32.2. The monoisotopic (exact) mass is 215 g/mol. The van der Waals surface area contributed by atoms with Crippen LogP contribution in [0, 0.1) is 5.92 Å². The molecule has 2 aliphatic rings. The normalized spacial score (nSPS) is 35.6. The van der Waals surface area contributed by atoms with Gasteiger partial charge in [-0.25, -0.2) is 0 Å². The zero-order valence-electron chi connectivity index (χ0n) is 8.98. The van der Waals surface area contributed by atoms with Gasteiger partial charge in [0, 0.05) is 30.0 Å². The van der Waals surface area contributed by atoms with Gasteiger partial charge in [0.2, 0.25) is 0 Å². The Morgan fingerprint density at radius 3 is 2.57 bits per heavy atom. The first-order valence-electron chi connectivity index (χ1n) is 5.74. The molecule has 2 fully saturated rings. The third-order valence-corrected chi connectivity index (χ3v) is 5.00. The van der Waals surface area contributed by atoms with E-state index in [1.165, 1.54) is 25.7 Å². The minimum atomic E-state index is -0.0751. The molecule has 0 aromatic rings. The van der Waals surface area contributed by atoms with Crippen LogP contribution in [-0.4, -0.2) is 47.3 Å². The SMILES string of the molecule is CN1C[C@@H](CSC2CCCC2)[C@H](O)C1. The number of hydrogen-bond acceptors (Lipinski definition) is 3. The van der Waals surface area contributed by atoms with E-state index in [1.54, 1.807) is 0 Å². The molecule has 82 valence electrons. The molecule has 0 spiro atoms. The maximum Gasteiger partial charge on any atom is 0.0715 e. The Labute approximate surface area is 91.1 Å². The second kappa shape index (κ2) is 4.86. The van der Waals surface area contributed by atoms with Crippen LogP contribution in [0.1, 0.15) is 25.7 Å². The molecule has 1 heterocycles. The fourth-order valence-corrected chi connectivity index (χ4v) is 4.06. The molecule has 1 N–H and O–H groups in total. The first-order chi connectivity index (χ1) is 6.75. The minimum Gasteiger partial charge on any atom is -0.391 e. The van der Waals surface area contributed by atoms with E-state index in [0.717, 1.165) is 24.1 Å². The Hall–Kier alpha value is 0.270. The highest BCUT2D eigenvalue weighted by molar-refractivity contribution is 7.99. The lowest BCUT2D eigenvalue weighted by molar-refractivity contribution is 0.152. The summed E-state index contributed by atoms with van der Waals surface area (Å²) in [6.45, 7) is 1.96. The number of aliphatic hydroxyl groups excluding tert-OH is 1. The predicted molar refractivity (Wildman–Crippen MR) is 61.7 cm³/mol. The molecule has 2 atom stereocenters. The zero-order chi connectivity index (χ0) is 9.97. The van der Waals surface area contributed by atoms with Crippen molar-refractivity contribution in [3.05, 3.63) is 0 Å². The fraction of sp³-hybridized carbons (Fsp3) is 1.00. The van der Waals surface area contributed by atoms with Gasteiger partial charge in [0.05, 0.1) is 6.10 Å². The number of β-amino-alcohol motifs (C(OH)–C–C–N with tert-alkyl or cyclic N) is 1. The summed E-state index contributed by atoms with van der Waals surface area (Å²) in [5.41, 5.74) is 0. The minimum absolute atomic E-state index is 0.0751. The topological polar surface area (TPSA) is 23.5 Å². The van der Waals surface area contributed by atoms with Crippen molar-refractivity contribution in [2.45, 2.75) is 37.0 Å². The van der Waals surface area contributed by atoms with Gasteiger partial charge in [0.15, 0.2) is 0 Å². The van der Waals surface area contributed by atoms with E-state index < -0.39 is 0 Å². The largest absolute Gasteiger partial charge is 0.391 e. The molecular weight excluding hydrogens is 194 g/mol. The van der Waals surface area contributed by atoms with Crippen LogP contribution in [0.25, 0.3) is 0 Å². The van der Waals surface area contributed by atoms with Crippen molar-refractivity contribution in [3.8, 4) is 0 Å². The third kappa shape index (κ3) is 2.65. The number of thioether (sulfide) groups is 1. The van der Waals surface area contributed by atoms with Gasteiger partial charge in [-0.05, 0) is 19.9 Å². The molecule has 0 unspecified atom stereocenters. The summed E-state index contributed by atoms with van der Waals surface area (Å²) in [6.07, 6.45) is 5.58. The second-order valence-electron chi connectivity index (χ2n) is 4.79. The number of nitrogens with zero attached hydrogens (tertiary/aromatic N) is 1. The van der Waals surface area contributed by atoms with Crippen LogP contribution in [0.3, 0.4) is 0 Å². The molecule has 0 bridgehead atoms. The zero-order valence-corrected chi connectivity index (χ0v) is 9.80. The van der Waals surface area contributed by atoms with E-state index >= 15 is 0 Å². The number of rotatable bonds is 3. The number of aliphatic hydroxyl groups is 1. The van der Waals surface area contributed by atoms with Crippen LogP contribution >= 0.6 is 11.8 Å². The molecule has 1 saturated carbocycles. The quantitative estimate of drug-likeness (QED) is 0.773. The lowest BCUT2D eigenvalue weighted by Gasteiger charge is -2.15. The van der Waals surface area contributed by atoms with Crippen LogP contribution in [0.2, 0.25) is 0 Å². The van der Waals surface area contributed by atoms with E-state index in [4.69, 9.17) is 0 Å². The van der Waals surface area contributed by atoms with Crippen LogP contribution in [0.5, 0.6) is 0 Å². The molecule has 2 rings (SSSR count). The van der Waals surface area contributed by atoms with E-state index in [-0.39, 0.29) is 6.10 Å². The van der Waals surface area contributed by atoms with Crippen LogP contribution in [-0.2, 0) is 0 Å². The Kier molecular flexibility index (Phi) is 3.74. The molecule has 1 saturated heterocycles. The summed E-state index contributed by atoms with van der Waals surface area (Å²) in [6, 6.07) is 0. The highest BCUT2D eigenvalue weighted by Gasteiger charge is 2.29. The van der Waals surface area contributed by atoms with Crippen molar-refractivity contribution in [2.75, 3.05) is 25.9 Å². The van der Waals surface area contributed by atoms with E-state index in [1.807, 2.05) is 0 Å². The molecule has 2 nitrogen and oxygen atoms in total. The standard InChI is InChI=1S/C11H21NOS/c1-12-6-9(11(13)7-12)8-14-10-4-2-3-5-10/h9-11,13H,2-8H2,1H3/t9-,11+/m0/s1. The molecule has 0 amide bonds. The molecule has 0 aromatic carbocycles. The summed E-state index contributed by atoms with van der Waals surface area (Å²) >= 11 is 2.10. The van der Waals surface area contributed by atoms with E-state index in [0.29, 0.717) is 5.92 Å². The second-order valence-corrected chi connectivity index (χ2v) is 6.12. The molecule has 14 heavy (non-hydrogen) atoms. The molecule has 3 heteroatoms. The smallest absolute Gasteiger partial charge is 0.0715 e. The lowest BCUT2D eigenvalue weighted by atomic mass is 10.1. The van der Waals surface area contributed by atoms with Crippen molar-refractivity contribution >= 4 is 11.8 Å². The maximum absolute atomic E-state index is 9.78. The Bertz CT molecular complexity index is 182. The number of likely N-dealkylation sites (tertiary alicyclic amines) is 1. The Morgan fingerprint density at radius 1 is 1.29 bits per heavy atom. The lowest BCUT2D eigenvalue weighted by Crippen LogP contribution is -2.20. The first-order valence-corrected chi connectivity index (χ1v) is 6.79. The summed E-state index contributed by atoms with van der Waals surface area (Å²) in [4.78, 5) is 2.24. The maximum atomic E-state index is 9.78. The van der Waals surface area contributed by atoms with Crippen molar-refractivity contribution in [3.63, 3.8) is 0 Å². The van der Waals surface area contributed by atoms with Gasteiger partial charge >= 0.3 is 0 Å². The molecule has 0 aromatic heterocycles. The van der Waals surface area contributed by atoms with Gasteiger partial charge < -0.3 is 10.0 Å². The summed E-state index contributed by atoms with van der Waals surface area (Å²) in [5, 5.41) is 10.7. The van der Waals surface area contributed by atoms with Gasteiger partial charge in [-0.1, -0.05) is 12.8 Å². The van der Waals surface area contributed by atoms with Crippen molar-refractivity contribution in [1.82, 2.24) is 4.90 Å². The highest BCUT2D eigenvalue weighted by Crippen LogP contribution is 2.32. The average Bonchev–Trinajstić information content (AvgIpc) is 2.72. The Morgan fingerprint density at radius 2 is 2.00 bits per heavy atom. The Balaban J connectivity index is 1.69. The molecule has 1 aliphatic carbocycles. The van der Waals surface area contributed by atoms with Crippen LogP contribution < -0.4 is 0 Å². The average molecular weight is 215 g/mol. The van der Waals surface area contributed by atoms with E-state index in [9.17, 15) is 5.11 Å². The van der Waals surface area contributed by atoms with Crippen molar-refractivity contribution in [1.29, 1.82) is 0 Å². The van der Waals surface area contributed by atoms with E-state index in [2.05, 4.69) is 23.7 Å². The summed E-state index contributed by atoms with van der Waals surface area (Å²) in [5.74, 6) is 1.68. The van der Waals surface area contributed by atoms with Gasteiger partial charge in [0.1, 0.15) is 0 Å². The van der Waals surface area contributed by atoms with Crippen LogP contribution in [0.15, 0.2) is 0 Å². The first kappa shape index (κ1) is 10.8. The van der Waals surface area contributed by atoms with Crippen LogP contribution in [0.4, 0.5) is 0 Å². The van der Waals surface area contributed by atoms with Crippen molar-refractivity contribution in [2.24, 2.45) is 5.92 Å². The fourth-order valence-electron chi connectivity index (χ4n) is 2.54. The summed E-state index contributed by atoms with van der Waals surface area (Å²) in [7, 11) is 2.10. The van der Waals surface area contributed by atoms with Gasteiger partial charge in [-0.15, -0.1) is 0 Å². The summed E-state index contributed by atoms with van der Waals surface area (Å²) < 4.78 is 0. The molecule has 1 aliphatic heterocycles. The number of hydrogen-bond donors (Lipinski definition) is 1. The van der Waals surface area contributed by atoms with Crippen molar-refractivity contribution < 1.29 is 5.11 Å². The number of likely N-dealkylation sites (N-methyl/N-ethyl adjacent to an activating group) is 1. The molecule has 0 radical (unpaired) electrons. The predicted octanol–water partition coefficient (Wildman–Crippen LogP) is 1.58. The van der Waals surface area contributed by atoms with Gasteiger partial charge in [-0.2, -0.15) is 11.8 Å².